The highest BCUT2D eigenvalue weighted by Crippen LogP contribution is 2.52. The van der Waals surface area contributed by atoms with E-state index in [1.165, 1.54) is 0 Å². The lowest BCUT2D eigenvalue weighted by Gasteiger charge is -2.48. The third-order valence-electron chi connectivity index (χ3n) is 4.96. The first kappa shape index (κ1) is 13.4. The second-order valence-corrected chi connectivity index (χ2v) is 5.83. The maximum atomic E-state index is 10.7. The van der Waals surface area contributed by atoms with Gasteiger partial charge < -0.3 is 5.11 Å². The van der Waals surface area contributed by atoms with Gasteiger partial charge in [-0.05, 0) is 24.8 Å². The zero-order chi connectivity index (χ0) is 14.2. The van der Waals surface area contributed by atoms with Gasteiger partial charge in [-0.3, -0.25) is 4.90 Å². The molecule has 3 nitrogen and oxygen atoms in total. The highest BCUT2D eigenvalue weighted by molar-refractivity contribution is 5.32. The molecular weight excluding hydrogens is 248 g/mol. The van der Waals surface area contributed by atoms with Gasteiger partial charge in [-0.25, -0.2) is 0 Å². The van der Waals surface area contributed by atoms with Crippen LogP contribution < -0.4 is 0 Å². The molecule has 2 bridgehead atoms. The van der Waals surface area contributed by atoms with Crippen LogP contribution in [-0.4, -0.2) is 28.7 Å². The van der Waals surface area contributed by atoms with Gasteiger partial charge in [-0.2, -0.15) is 5.26 Å². The molecule has 0 aromatic heterocycles. The number of nitriles is 1. The van der Waals surface area contributed by atoms with Crippen LogP contribution in [0.3, 0.4) is 0 Å². The van der Waals surface area contributed by atoms with Gasteiger partial charge in [-0.1, -0.05) is 36.4 Å². The third kappa shape index (κ3) is 1.72. The average molecular weight is 268 g/mol. The number of piperidine rings is 1. The summed E-state index contributed by atoms with van der Waals surface area (Å²) in [6.07, 6.45) is 3.84. The van der Waals surface area contributed by atoms with E-state index >= 15 is 0 Å². The Labute approximate surface area is 120 Å². The Balaban J connectivity index is 2.12. The molecule has 2 fully saturated rings. The van der Waals surface area contributed by atoms with Gasteiger partial charge in [0.1, 0.15) is 0 Å². The zero-order valence-corrected chi connectivity index (χ0v) is 11.6. The second-order valence-electron chi connectivity index (χ2n) is 5.83. The van der Waals surface area contributed by atoms with Crippen molar-refractivity contribution < 1.29 is 5.11 Å². The van der Waals surface area contributed by atoms with Crippen LogP contribution in [0, 0.1) is 17.2 Å². The molecule has 1 N–H and O–H groups in total. The average Bonchev–Trinajstić information content (AvgIpc) is 2.72. The molecule has 0 aliphatic carbocycles. The van der Waals surface area contributed by atoms with Gasteiger partial charge in [-0.15, -0.1) is 6.58 Å². The molecule has 0 amide bonds. The normalized spacial score (nSPS) is 36.5. The summed E-state index contributed by atoms with van der Waals surface area (Å²) in [5, 5.41) is 20.2. The van der Waals surface area contributed by atoms with Crippen LogP contribution in [0.5, 0.6) is 0 Å². The number of aliphatic hydroxyl groups excluding tert-OH is 1. The van der Waals surface area contributed by atoms with E-state index in [1.807, 2.05) is 24.3 Å². The van der Waals surface area contributed by atoms with Crippen LogP contribution in [0.4, 0.5) is 0 Å². The monoisotopic (exact) mass is 268 g/mol. The Morgan fingerprint density at radius 2 is 2.15 bits per heavy atom. The predicted molar refractivity (Wildman–Crippen MR) is 77.8 cm³/mol. The van der Waals surface area contributed by atoms with Crippen molar-refractivity contribution in [2.75, 3.05) is 6.54 Å². The molecule has 20 heavy (non-hydrogen) atoms. The van der Waals surface area contributed by atoms with Gasteiger partial charge in [0, 0.05) is 12.6 Å². The summed E-state index contributed by atoms with van der Waals surface area (Å²) in [5.41, 5.74) is 0.704. The summed E-state index contributed by atoms with van der Waals surface area (Å²) in [4.78, 5) is 2.30. The molecule has 4 atom stereocenters. The van der Waals surface area contributed by atoms with Gasteiger partial charge >= 0.3 is 0 Å². The van der Waals surface area contributed by atoms with E-state index in [4.69, 9.17) is 0 Å². The molecule has 1 aromatic carbocycles. The fourth-order valence-corrected chi connectivity index (χ4v) is 4.13. The highest BCUT2D eigenvalue weighted by Gasteiger charge is 2.58. The maximum Gasteiger partial charge on any atom is 0.0767 e. The zero-order valence-electron chi connectivity index (χ0n) is 11.6. The molecule has 1 aromatic rings. The van der Waals surface area contributed by atoms with Crippen molar-refractivity contribution in [3.8, 4) is 6.07 Å². The maximum absolute atomic E-state index is 10.7. The molecule has 3 rings (SSSR count). The highest BCUT2D eigenvalue weighted by atomic mass is 16.3. The number of benzene rings is 1. The largest absolute Gasteiger partial charge is 0.391 e. The van der Waals surface area contributed by atoms with E-state index in [-0.39, 0.29) is 12.0 Å². The topological polar surface area (TPSA) is 47.3 Å². The molecule has 2 heterocycles. The Morgan fingerprint density at radius 3 is 2.80 bits per heavy atom. The lowest BCUT2D eigenvalue weighted by Crippen LogP contribution is -2.56. The number of aliphatic hydroxyl groups is 1. The molecule has 0 spiro atoms. The molecule has 0 unspecified atom stereocenters. The van der Waals surface area contributed by atoms with E-state index in [0.717, 1.165) is 24.9 Å². The Morgan fingerprint density at radius 1 is 1.40 bits per heavy atom. The minimum absolute atomic E-state index is 0.00712. The molecule has 2 aliphatic heterocycles. The quantitative estimate of drug-likeness (QED) is 0.857. The number of hydrogen-bond donors (Lipinski definition) is 1. The van der Waals surface area contributed by atoms with Crippen molar-refractivity contribution in [2.24, 2.45) is 5.92 Å². The molecule has 3 heteroatoms. The fraction of sp³-hybridized carbons (Fsp3) is 0.471. The molecular formula is C17H20N2O. The van der Waals surface area contributed by atoms with E-state index in [1.54, 1.807) is 0 Å². The summed E-state index contributed by atoms with van der Waals surface area (Å²) in [5.74, 6) is -0.00712. The van der Waals surface area contributed by atoms with Crippen molar-refractivity contribution in [1.82, 2.24) is 4.90 Å². The number of nitrogens with zero attached hydrogens (tertiary/aromatic N) is 2. The van der Waals surface area contributed by atoms with E-state index in [0.29, 0.717) is 6.42 Å². The van der Waals surface area contributed by atoms with Crippen LogP contribution in [0.15, 0.2) is 43.0 Å². The Kier molecular flexibility index (Phi) is 3.37. The molecule has 2 aliphatic rings. The van der Waals surface area contributed by atoms with Crippen molar-refractivity contribution in [3.05, 3.63) is 48.6 Å². The van der Waals surface area contributed by atoms with Crippen molar-refractivity contribution >= 4 is 0 Å². The van der Waals surface area contributed by atoms with E-state index < -0.39 is 11.6 Å². The lowest BCUT2D eigenvalue weighted by atomic mass is 9.78. The number of rotatable bonds is 3. The van der Waals surface area contributed by atoms with Crippen LogP contribution >= 0.6 is 0 Å². The summed E-state index contributed by atoms with van der Waals surface area (Å²) in [6.45, 7) is 4.56. The van der Waals surface area contributed by atoms with Gasteiger partial charge in [0.05, 0.1) is 23.6 Å². The molecule has 104 valence electrons. The summed E-state index contributed by atoms with van der Waals surface area (Å²) in [6, 6.07) is 12.8. The minimum atomic E-state index is -0.418. The molecule has 0 radical (unpaired) electrons. The van der Waals surface area contributed by atoms with Gasteiger partial charge in [0.15, 0.2) is 0 Å². The fourth-order valence-electron chi connectivity index (χ4n) is 4.13. The first-order valence-corrected chi connectivity index (χ1v) is 7.25. The lowest BCUT2D eigenvalue weighted by molar-refractivity contribution is -0.0561. The minimum Gasteiger partial charge on any atom is -0.391 e. The van der Waals surface area contributed by atoms with Crippen LogP contribution in [0.1, 0.15) is 24.8 Å². The molecule has 2 saturated heterocycles. The summed E-state index contributed by atoms with van der Waals surface area (Å²) in [7, 11) is 0. The van der Waals surface area contributed by atoms with Gasteiger partial charge in [0.25, 0.3) is 0 Å². The number of fused-ring (bicyclic) bond motifs is 2. The Bertz CT molecular complexity index is 536. The van der Waals surface area contributed by atoms with Crippen LogP contribution in [-0.2, 0) is 5.54 Å². The molecule has 0 saturated carbocycles. The summed E-state index contributed by atoms with van der Waals surface area (Å²) >= 11 is 0. The standard InChI is InChI=1S/C17H20N2O/c1-2-10-19-15-8-9-16(20)17(19,11-13(15)12-18)14-6-4-3-5-7-14/h2-7,13,15-16,20H,1,8-11H2/t13-,15-,16+,17+/m0/s1. The van der Waals surface area contributed by atoms with Crippen molar-refractivity contribution in [3.63, 3.8) is 0 Å². The van der Waals surface area contributed by atoms with Crippen molar-refractivity contribution in [2.45, 2.75) is 36.9 Å². The first-order chi connectivity index (χ1) is 9.74. The second kappa shape index (κ2) is 5.05. The Hall–Kier alpha value is -1.63. The van der Waals surface area contributed by atoms with Crippen LogP contribution in [0.25, 0.3) is 0 Å². The van der Waals surface area contributed by atoms with Crippen molar-refractivity contribution in [1.29, 1.82) is 5.26 Å². The van der Waals surface area contributed by atoms with E-state index in [2.05, 4.69) is 29.7 Å². The third-order valence-corrected chi connectivity index (χ3v) is 4.96. The smallest absolute Gasteiger partial charge is 0.0767 e. The SMILES string of the molecule is C=CCN1[C@H]2CC[C@@H](O)[C@]1(c1ccccc1)C[C@H]2C#N. The predicted octanol–water partition coefficient (Wildman–Crippen LogP) is 2.44. The van der Waals surface area contributed by atoms with E-state index in [9.17, 15) is 10.4 Å². The van der Waals surface area contributed by atoms with Gasteiger partial charge in [0.2, 0.25) is 0 Å². The number of hydrogen-bond acceptors (Lipinski definition) is 3. The van der Waals surface area contributed by atoms with Crippen LogP contribution in [0.2, 0.25) is 0 Å². The summed E-state index contributed by atoms with van der Waals surface area (Å²) < 4.78 is 0. The first-order valence-electron chi connectivity index (χ1n) is 7.25.